The third-order valence-electron chi connectivity index (χ3n) is 3.64. The third kappa shape index (κ3) is 2.06. The number of aromatic nitrogens is 2. The van der Waals surface area contributed by atoms with Crippen LogP contribution in [0.5, 0.6) is 0 Å². The van der Waals surface area contributed by atoms with Crippen LogP contribution in [-0.2, 0) is 6.54 Å². The van der Waals surface area contributed by atoms with Crippen LogP contribution < -0.4 is 5.56 Å². The predicted octanol–water partition coefficient (Wildman–Crippen LogP) is -0.0541. The molecule has 0 spiro atoms. The molecule has 6 nitrogen and oxygen atoms in total. The normalized spacial score (nSPS) is 21.7. The minimum absolute atomic E-state index is 0.0543. The fourth-order valence-corrected chi connectivity index (χ4v) is 3.53. The van der Waals surface area contributed by atoms with Crippen LogP contribution in [0.15, 0.2) is 16.1 Å². The summed E-state index contributed by atoms with van der Waals surface area (Å²) >= 11 is 1.53. The quantitative estimate of drug-likeness (QED) is 0.769. The van der Waals surface area contributed by atoms with E-state index in [2.05, 4.69) is 4.98 Å². The van der Waals surface area contributed by atoms with Gasteiger partial charge in [0.25, 0.3) is 11.5 Å². The zero-order chi connectivity index (χ0) is 13.4. The van der Waals surface area contributed by atoms with Crippen molar-refractivity contribution in [1.29, 1.82) is 0 Å². The Bertz CT molecular complexity index is 572. The first kappa shape index (κ1) is 12.7. The van der Waals surface area contributed by atoms with Crippen LogP contribution in [0.3, 0.4) is 0 Å². The van der Waals surface area contributed by atoms with Crippen molar-refractivity contribution in [3.05, 3.63) is 22.1 Å². The van der Waals surface area contributed by atoms with Gasteiger partial charge in [-0.3, -0.25) is 14.2 Å². The number of hydrogen-bond acceptors (Lipinski definition) is 5. The van der Waals surface area contributed by atoms with Crippen molar-refractivity contribution in [1.82, 2.24) is 14.5 Å². The molecule has 1 N–H and O–H groups in total. The molecule has 3 heterocycles. The van der Waals surface area contributed by atoms with Crippen LogP contribution in [0.4, 0.5) is 0 Å². The zero-order valence-electron chi connectivity index (χ0n) is 10.4. The topological polar surface area (TPSA) is 75.4 Å². The van der Waals surface area contributed by atoms with E-state index in [-0.39, 0.29) is 29.7 Å². The molecular weight excluding hydrogens is 266 g/mol. The monoisotopic (exact) mass is 281 g/mol. The lowest BCUT2D eigenvalue weighted by atomic mass is 10.2. The standard InChI is InChI=1S/C12H15N3O3S/c16-7-8-2-1-3-14(8)10(17)9-6-13-12-15(11(9)18)4-5-19-12/h6,8,16H,1-5,7H2/t8-/m1/s1. The van der Waals surface area contributed by atoms with Gasteiger partial charge in [0, 0.05) is 25.0 Å². The van der Waals surface area contributed by atoms with Gasteiger partial charge in [0.05, 0.1) is 12.6 Å². The van der Waals surface area contributed by atoms with E-state index in [9.17, 15) is 14.7 Å². The van der Waals surface area contributed by atoms with Gasteiger partial charge in [-0.15, -0.1) is 0 Å². The van der Waals surface area contributed by atoms with Gasteiger partial charge >= 0.3 is 0 Å². The molecule has 0 bridgehead atoms. The Morgan fingerprint density at radius 1 is 1.53 bits per heavy atom. The lowest BCUT2D eigenvalue weighted by Gasteiger charge is -2.22. The van der Waals surface area contributed by atoms with Crippen molar-refractivity contribution in [2.45, 2.75) is 30.6 Å². The van der Waals surface area contributed by atoms with Crippen molar-refractivity contribution in [3.8, 4) is 0 Å². The highest BCUT2D eigenvalue weighted by Crippen LogP contribution is 2.22. The first-order valence-electron chi connectivity index (χ1n) is 6.37. The van der Waals surface area contributed by atoms with Gasteiger partial charge < -0.3 is 10.0 Å². The van der Waals surface area contributed by atoms with E-state index in [0.29, 0.717) is 18.2 Å². The highest BCUT2D eigenvalue weighted by molar-refractivity contribution is 7.99. The number of likely N-dealkylation sites (tertiary alicyclic amines) is 1. The van der Waals surface area contributed by atoms with E-state index in [4.69, 9.17) is 0 Å². The average molecular weight is 281 g/mol. The number of aliphatic hydroxyl groups excluding tert-OH is 1. The molecule has 1 aromatic rings. The molecule has 1 fully saturated rings. The lowest BCUT2D eigenvalue weighted by Crippen LogP contribution is -2.41. The molecular formula is C12H15N3O3S. The van der Waals surface area contributed by atoms with E-state index in [0.717, 1.165) is 18.6 Å². The molecule has 0 radical (unpaired) electrons. The van der Waals surface area contributed by atoms with E-state index < -0.39 is 0 Å². The highest BCUT2D eigenvalue weighted by atomic mass is 32.2. The second kappa shape index (κ2) is 4.97. The number of aliphatic hydroxyl groups is 1. The number of hydrogen-bond donors (Lipinski definition) is 1. The minimum Gasteiger partial charge on any atom is -0.394 e. The number of rotatable bonds is 2. The predicted molar refractivity (Wildman–Crippen MR) is 70.4 cm³/mol. The number of fused-ring (bicyclic) bond motifs is 1. The van der Waals surface area contributed by atoms with Gasteiger partial charge in [-0.25, -0.2) is 4.98 Å². The van der Waals surface area contributed by atoms with Crippen molar-refractivity contribution >= 4 is 17.7 Å². The maximum Gasteiger partial charge on any atom is 0.267 e. The van der Waals surface area contributed by atoms with Gasteiger partial charge in [0.15, 0.2) is 5.16 Å². The first-order valence-corrected chi connectivity index (χ1v) is 7.35. The zero-order valence-corrected chi connectivity index (χ0v) is 11.2. The van der Waals surface area contributed by atoms with Crippen molar-refractivity contribution in [2.75, 3.05) is 18.9 Å². The molecule has 2 aliphatic rings. The summed E-state index contributed by atoms with van der Waals surface area (Å²) in [6.45, 7) is 1.15. The number of thioether (sulfide) groups is 1. The number of amides is 1. The Kier molecular flexibility index (Phi) is 3.32. The van der Waals surface area contributed by atoms with Crippen LogP contribution in [0, 0.1) is 0 Å². The number of nitrogens with zero attached hydrogens (tertiary/aromatic N) is 3. The van der Waals surface area contributed by atoms with Crippen molar-refractivity contribution < 1.29 is 9.90 Å². The Morgan fingerprint density at radius 3 is 3.16 bits per heavy atom. The molecule has 0 unspecified atom stereocenters. The Labute approximate surface area is 114 Å². The summed E-state index contributed by atoms with van der Waals surface area (Å²) < 4.78 is 1.56. The molecule has 2 aliphatic heterocycles. The summed E-state index contributed by atoms with van der Waals surface area (Å²) in [6.07, 6.45) is 3.03. The van der Waals surface area contributed by atoms with Crippen LogP contribution in [0.2, 0.25) is 0 Å². The maximum absolute atomic E-state index is 12.4. The molecule has 3 rings (SSSR count). The highest BCUT2D eigenvalue weighted by Gasteiger charge is 2.31. The van der Waals surface area contributed by atoms with Gasteiger partial charge in [-0.1, -0.05) is 11.8 Å². The van der Waals surface area contributed by atoms with Crippen LogP contribution in [0.1, 0.15) is 23.2 Å². The summed E-state index contributed by atoms with van der Waals surface area (Å²) in [4.78, 5) is 30.4. The molecule has 1 amide bonds. The minimum atomic E-state index is -0.304. The number of carbonyl (C=O) groups excluding carboxylic acids is 1. The smallest absolute Gasteiger partial charge is 0.267 e. The maximum atomic E-state index is 12.4. The molecule has 0 saturated carbocycles. The van der Waals surface area contributed by atoms with E-state index in [1.807, 2.05) is 0 Å². The molecule has 19 heavy (non-hydrogen) atoms. The summed E-state index contributed by atoms with van der Waals surface area (Å²) in [6, 6.07) is -0.167. The van der Waals surface area contributed by atoms with E-state index in [1.165, 1.54) is 18.0 Å². The van der Waals surface area contributed by atoms with E-state index in [1.54, 1.807) is 9.47 Å². The van der Waals surface area contributed by atoms with Crippen molar-refractivity contribution in [3.63, 3.8) is 0 Å². The SMILES string of the molecule is O=C(c1cnc2n(c1=O)CCS2)N1CCC[C@@H]1CO. The second-order valence-electron chi connectivity index (χ2n) is 4.74. The van der Waals surface area contributed by atoms with Crippen LogP contribution in [-0.4, -0.2) is 50.4 Å². The van der Waals surface area contributed by atoms with Crippen LogP contribution >= 0.6 is 11.8 Å². The van der Waals surface area contributed by atoms with Gasteiger partial charge in [-0.2, -0.15) is 0 Å². The molecule has 102 valence electrons. The Balaban J connectivity index is 1.94. The average Bonchev–Trinajstić information content (AvgIpc) is 3.07. The molecule has 1 aromatic heterocycles. The fraction of sp³-hybridized carbons (Fsp3) is 0.583. The fourth-order valence-electron chi connectivity index (χ4n) is 2.61. The largest absolute Gasteiger partial charge is 0.394 e. The summed E-state index contributed by atoms with van der Waals surface area (Å²) in [5.74, 6) is 0.518. The first-order chi connectivity index (χ1) is 9.22. The van der Waals surface area contributed by atoms with Gasteiger partial charge in [0.1, 0.15) is 5.56 Å². The molecule has 1 saturated heterocycles. The van der Waals surface area contributed by atoms with Gasteiger partial charge in [0.2, 0.25) is 0 Å². The summed E-state index contributed by atoms with van der Waals surface area (Å²) in [5, 5.41) is 9.94. The van der Waals surface area contributed by atoms with Gasteiger partial charge in [-0.05, 0) is 12.8 Å². The third-order valence-corrected chi connectivity index (χ3v) is 4.61. The summed E-state index contributed by atoms with van der Waals surface area (Å²) in [5.41, 5.74) is -0.143. The van der Waals surface area contributed by atoms with Crippen LogP contribution in [0.25, 0.3) is 0 Å². The molecule has 7 heteroatoms. The lowest BCUT2D eigenvalue weighted by molar-refractivity contribution is 0.0674. The summed E-state index contributed by atoms with van der Waals surface area (Å²) in [7, 11) is 0. The second-order valence-corrected chi connectivity index (χ2v) is 5.80. The van der Waals surface area contributed by atoms with E-state index >= 15 is 0 Å². The number of carbonyl (C=O) groups is 1. The molecule has 1 atom stereocenters. The molecule has 0 aliphatic carbocycles. The van der Waals surface area contributed by atoms with Crippen molar-refractivity contribution in [2.24, 2.45) is 0 Å². The molecule has 0 aromatic carbocycles. The Hall–Kier alpha value is -1.34. The Morgan fingerprint density at radius 2 is 2.37 bits per heavy atom.